The molecule has 7 heteroatoms. The van der Waals surface area contributed by atoms with E-state index >= 15 is 0 Å². The number of rotatable bonds is 4. The molecule has 0 saturated heterocycles. The number of carbonyl (C=O) groups excluding carboxylic acids is 1. The second-order valence-corrected chi connectivity index (χ2v) is 7.05. The van der Waals surface area contributed by atoms with Gasteiger partial charge < -0.3 is 14.5 Å². The van der Waals surface area contributed by atoms with E-state index in [4.69, 9.17) is 0 Å². The number of pyridine rings is 1. The van der Waals surface area contributed by atoms with Crippen LogP contribution in [0.2, 0.25) is 0 Å². The van der Waals surface area contributed by atoms with E-state index < -0.39 is 0 Å². The Morgan fingerprint density at radius 3 is 2.68 bits per heavy atom. The van der Waals surface area contributed by atoms with E-state index in [0.717, 1.165) is 16.6 Å². The molecule has 0 aliphatic heterocycles. The Hall–Kier alpha value is -3.48. The van der Waals surface area contributed by atoms with Crippen molar-refractivity contribution < 1.29 is 4.79 Å². The summed E-state index contributed by atoms with van der Waals surface area (Å²) < 4.78 is 3.97. The maximum atomic E-state index is 13.0. The highest BCUT2D eigenvalue weighted by atomic mass is 16.1. The van der Waals surface area contributed by atoms with Gasteiger partial charge in [0.1, 0.15) is 17.8 Å². The van der Waals surface area contributed by atoms with Gasteiger partial charge in [0.25, 0.3) is 5.91 Å². The van der Waals surface area contributed by atoms with E-state index in [0.29, 0.717) is 22.9 Å². The van der Waals surface area contributed by atoms with E-state index in [1.54, 1.807) is 12.4 Å². The lowest BCUT2D eigenvalue weighted by atomic mass is 10.1. The number of benzene rings is 1. The molecule has 0 unspecified atom stereocenters. The van der Waals surface area contributed by atoms with Crippen LogP contribution in [0.3, 0.4) is 0 Å². The third-order valence-corrected chi connectivity index (χ3v) is 4.98. The Morgan fingerprint density at radius 1 is 1.11 bits per heavy atom. The molecular formula is C21H22N6O. The van der Waals surface area contributed by atoms with Crippen LogP contribution in [0.5, 0.6) is 0 Å². The number of nitrogens with zero attached hydrogens (tertiary/aromatic N) is 5. The minimum absolute atomic E-state index is 0.177. The fraction of sp³-hybridized carbons (Fsp3) is 0.238. The fourth-order valence-electron chi connectivity index (χ4n) is 3.42. The summed E-state index contributed by atoms with van der Waals surface area (Å²) in [6.07, 6.45) is 1.69. The Labute approximate surface area is 163 Å². The van der Waals surface area contributed by atoms with Crippen LogP contribution < -0.4 is 5.32 Å². The topological polar surface area (TPSA) is 77.6 Å². The lowest BCUT2D eigenvalue weighted by Gasteiger charge is -2.11. The first-order valence-corrected chi connectivity index (χ1v) is 9.19. The molecule has 0 aliphatic carbocycles. The Morgan fingerprint density at radius 2 is 1.89 bits per heavy atom. The summed E-state index contributed by atoms with van der Waals surface area (Å²) in [6.45, 7) is 6.06. The second kappa shape index (κ2) is 6.92. The molecule has 3 heterocycles. The van der Waals surface area contributed by atoms with Crippen LogP contribution in [-0.2, 0) is 7.05 Å². The number of hydrogen-bond donors (Lipinski definition) is 1. The smallest absolute Gasteiger partial charge is 0.259 e. The van der Waals surface area contributed by atoms with Crippen LogP contribution in [0.1, 0.15) is 35.9 Å². The van der Waals surface area contributed by atoms with E-state index in [1.807, 2.05) is 59.5 Å². The zero-order valence-corrected chi connectivity index (χ0v) is 16.3. The SMILES string of the molecule is Cc1c(C(=O)Nc2cccc(-c3nncn3C(C)C)n2)c2ccccc2n1C. The van der Waals surface area contributed by atoms with Crippen LogP contribution in [0.25, 0.3) is 22.4 Å². The summed E-state index contributed by atoms with van der Waals surface area (Å²) in [5.41, 5.74) is 3.26. The normalized spacial score (nSPS) is 11.3. The second-order valence-electron chi connectivity index (χ2n) is 7.05. The summed E-state index contributed by atoms with van der Waals surface area (Å²) in [7, 11) is 1.96. The van der Waals surface area contributed by atoms with Gasteiger partial charge in [-0.15, -0.1) is 10.2 Å². The number of aromatic nitrogens is 5. The molecule has 28 heavy (non-hydrogen) atoms. The van der Waals surface area contributed by atoms with E-state index in [2.05, 4.69) is 34.3 Å². The number of carbonyl (C=O) groups is 1. The van der Waals surface area contributed by atoms with Gasteiger partial charge in [-0.3, -0.25) is 4.79 Å². The first-order valence-electron chi connectivity index (χ1n) is 9.19. The number of aryl methyl sites for hydroxylation is 1. The van der Waals surface area contributed by atoms with E-state index in [9.17, 15) is 4.79 Å². The number of fused-ring (bicyclic) bond motifs is 1. The first-order chi connectivity index (χ1) is 13.5. The van der Waals surface area contributed by atoms with Gasteiger partial charge in [-0.25, -0.2) is 4.98 Å². The molecule has 7 nitrogen and oxygen atoms in total. The molecule has 1 N–H and O–H groups in total. The number of hydrogen-bond acceptors (Lipinski definition) is 4. The van der Waals surface area contributed by atoms with Gasteiger partial charge in [-0.05, 0) is 39.0 Å². The third kappa shape index (κ3) is 2.94. The van der Waals surface area contributed by atoms with Gasteiger partial charge in [0.2, 0.25) is 0 Å². The summed E-state index contributed by atoms with van der Waals surface area (Å²) >= 11 is 0. The average Bonchev–Trinajstić information content (AvgIpc) is 3.27. The molecule has 0 aliphatic rings. The minimum Gasteiger partial charge on any atom is -0.347 e. The lowest BCUT2D eigenvalue weighted by Crippen LogP contribution is -2.14. The van der Waals surface area contributed by atoms with Gasteiger partial charge in [-0.1, -0.05) is 24.3 Å². The Balaban J connectivity index is 1.68. The number of anilines is 1. The molecule has 0 radical (unpaired) electrons. The summed E-state index contributed by atoms with van der Waals surface area (Å²) in [4.78, 5) is 17.6. The predicted molar refractivity (Wildman–Crippen MR) is 109 cm³/mol. The largest absolute Gasteiger partial charge is 0.347 e. The molecule has 0 fully saturated rings. The maximum absolute atomic E-state index is 13.0. The number of nitrogens with one attached hydrogen (secondary N) is 1. The maximum Gasteiger partial charge on any atom is 0.259 e. The van der Waals surface area contributed by atoms with Crippen LogP contribution >= 0.6 is 0 Å². The fourth-order valence-corrected chi connectivity index (χ4v) is 3.42. The summed E-state index contributed by atoms with van der Waals surface area (Å²) in [5.74, 6) is 0.977. The molecule has 1 amide bonds. The van der Waals surface area contributed by atoms with Crippen molar-refractivity contribution in [3.63, 3.8) is 0 Å². The molecule has 0 bridgehead atoms. The summed E-state index contributed by atoms with van der Waals surface area (Å²) in [5, 5.41) is 12.0. The highest BCUT2D eigenvalue weighted by Crippen LogP contribution is 2.26. The molecule has 4 aromatic rings. The molecular weight excluding hydrogens is 352 g/mol. The molecule has 142 valence electrons. The molecule has 1 aromatic carbocycles. The van der Waals surface area contributed by atoms with Crippen molar-refractivity contribution in [3.8, 4) is 11.5 Å². The van der Waals surface area contributed by atoms with Gasteiger partial charge in [-0.2, -0.15) is 0 Å². The van der Waals surface area contributed by atoms with Gasteiger partial charge in [0, 0.05) is 29.7 Å². The standard InChI is InChI=1S/C21H22N6O/c1-13(2)27-12-22-25-20(27)16-9-7-11-18(23-16)24-21(28)19-14(3)26(4)17-10-6-5-8-15(17)19/h5-13H,1-4H3,(H,23,24,28). The van der Waals surface area contributed by atoms with E-state index in [-0.39, 0.29) is 11.9 Å². The molecule has 0 saturated carbocycles. The van der Waals surface area contributed by atoms with Crippen molar-refractivity contribution in [2.45, 2.75) is 26.8 Å². The zero-order valence-electron chi connectivity index (χ0n) is 16.3. The quantitative estimate of drug-likeness (QED) is 0.586. The van der Waals surface area contributed by atoms with Crippen molar-refractivity contribution in [2.24, 2.45) is 7.05 Å². The predicted octanol–water partition coefficient (Wildman–Crippen LogP) is 3.97. The van der Waals surface area contributed by atoms with Crippen molar-refractivity contribution in [2.75, 3.05) is 5.32 Å². The number of amides is 1. The molecule has 3 aromatic heterocycles. The van der Waals surface area contributed by atoms with Crippen molar-refractivity contribution >= 4 is 22.6 Å². The van der Waals surface area contributed by atoms with Crippen molar-refractivity contribution in [1.29, 1.82) is 0 Å². The monoisotopic (exact) mass is 374 g/mol. The third-order valence-electron chi connectivity index (χ3n) is 4.98. The first kappa shape index (κ1) is 17.9. The Bertz CT molecular complexity index is 1170. The highest BCUT2D eigenvalue weighted by Gasteiger charge is 2.19. The lowest BCUT2D eigenvalue weighted by molar-refractivity contribution is 0.102. The van der Waals surface area contributed by atoms with Crippen molar-refractivity contribution in [1.82, 2.24) is 24.3 Å². The highest BCUT2D eigenvalue weighted by molar-refractivity contribution is 6.13. The van der Waals surface area contributed by atoms with Crippen LogP contribution in [0.15, 0.2) is 48.8 Å². The van der Waals surface area contributed by atoms with Crippen LogP contribution in [-0.4, -0.2) is 30.2 Å². The van der Waals surface area contributed by atoms with E-state index in [1.165, 1.54) is 0 Å². The molecule has 0 atom stereocenters. The van der Waals surface area contributed by atoms with Gasteiger partial charge in [0.15, 0.2) is 5.82 Å². The molecule has 4 rings (SSSR count). The average molecular weight is 374 g/mol. The Kier molecular flexibility index (Phi) is 4.43. The summed E-state index contributed by atoms with van der Waals surface area (Å²) in [6, 6.07) is 13.6. The van der Waals surface area contributed by atoms with Crippen LogP contribution in [0.4, 0.5) is 5.82 Å². The number of para-hydroxylation sites is 1. The van der Waals surface area contributed by atoms with Crippen LogP contribution in [0, 0.1) is 6.92 Å². The van der Waals surface area contributed by atoms with Gasteiger partial charge >= 0.3 is 0 Å². The zero-order chi connectivity index (χ0) is 19.8. The van der Waals surface area contributed by atoms with Gasteiger partial charge in [0.05, 0.1) is 5.56 Å². The van der Waals surface area contributed by atoms with Crippen molar-refractivity contribution in [3.05, 3.63) is 60.0 Å². The minimum atomic E-state index is -0.177. The molecule has 0 spiro atoms.